The van der Waals surface area contributed by atoms with Gasteiger partial charge in [-0.1, -0.05) is 52.8 Å². The number of nitrogens with one attached hydrogen (secondary N) is 1. The number of benzene rings is 1. The Morgan fingerprint density at radius 3 is 2.51 bits per heavy atom. The van der Waals surface area contributed by atoms with Crippen LogP contribution in [0.4, 0.5) is 0 Å². The zero-order valence-electron chi connectivity index (χ0n) is 24.8. The molecule has 0 spiro atoms. The number of carboxylic acid groups (broad SMARTS) is 1. The molecule has 1 aromatic carbocycles. The summed E-state index contributed by atoms with van der Waals surface area (Å²) in [5.74, 6) is 4.57. The highest BCUT2D eigenvalue weighted by Crippen LogP contribution is 2.70. The molecule has 4 aliphatic carbocycles. The van der Waals surface area contributed by atoms with Crippen LogP contribution in [0.15, 0.2) is 24.3 Å². The van der Waals surface area contributed by atoms with Crippen molar-refractivity contribution in [3.8, 4) is 0 Å². The molecule has 4 aliphatic rings. The number of amides is 1. The molecule has 4 fully saturated rings. The normalized spacial score (nSPS) is 42.1. The van der Waals surface area contributed by atoms with Crippen molar-refractivity contribution >= 4 is 11.9 Å². The SMILES string of the molecule is CC1CC2CC(NC(=O)c3ccccc3CO)CC[C@]2(C)C2C[C@H](C)[C@@]3(C)C(CC[C@@H]3C(C)CCC(=O)O)C12. The lowest BCUT2D eigenvalue weighted by Crippen LogP contribution is -2.59. The number of fused-ring (bicyclic) bond motifs is 5. The highest BCUT2D eigenvalue weighted by molar-refractivity contribution is 5.95. The summed E-state index contributed by atoms with van der Waals surface area (Å²) in [6, 6.07) is 7.58. The molecule has 5 rings (SSSR count). The number of rotatable bonds is 7. The van der Waals surface area contributed by atoms with Gasteiger partial charge in [0.25, 0.3) is 5.91 Å². The van der Waals surface area contributed by atoms with Gasteiger partial charge in [0, 0.05) is 18.0 Å². The number of carboxylic acids is 1. The molecule has 1 aromatic rings. The maximum Gasteiger partial charge on any atom is 0.303 e. The zero-order chi connectivity index (χ0) is 28.1. The van der Waals surface area contributed by atoms with E-state index >= 15 is 0 Å². The van der Waals surface area contributed by atoms with Gasteiger partial charge < -0.3 is 15.5 Å². The fourth-order valence-corrected chi connectivity index (χ4v) is 10.8. The fraction of sp³-hybridized carbons (Fsp3) is 0.765. The first-order valence-corrected chi connectivity index (χ1v) is 15.7. The zero-order valence-corrected chi connectivity index (χ0v) is 24.8. The van der Waals surface area contributed by atoms with E-state index in [2.05, 4.69) is 39.9 Å². The van der Waals surface area contributed by atoms with Crippen LogP contribution in [0.2, 0.25) is 0 Å². The molecule has 3 N–H and O–H groups in total. The molecule has 0 saturated heterocycles. The van der Waals surface area contributed by atoms with E-state index < -0.39 is 5.97 Å². The minimum Gasteiger partial charge on any atom is -0.481 e. The van der Waals surface area contributed by atoms with Crippen LogP contribution in [0.1, 0.15) is 108 Å². The second kappa shape index (κ2) is 10.8. The number of aliphatic hydroxyl groups excluding tert-OH is 1. The second-order valence-electron chi connectivity index (χ2n) is 14.6. The Morgan fingerprint density at radius 2 is 1.79 bits per heavy atom. The summed E-state index contributed by atoms with van der Waals surface area (Å²) in [6.45, 7) is 12.4. The first-order valence-electron chi connectivity index (χ1n) is 15.7. The van der Waals surface area contributed by atoms with E-state index in [4.69, 9.17) is 0 Å². The van der Waals surface area contributed by atoms with Crippen LogP contribution in [-0.2, 0) is 11.4 Å². The summed E-state index contributed by atoms with van der Waals surface area (Å²) < 4.78 is 0. The lowest BCUT2D eigenvalue weighted by atomic mass is 9.40. The van der Waals surface area contributed by atoms with Gasteiger partial charge in [0.15, 0.2) is 0 Å². The van der Waals surface area contributed by atoms with Crippen LogP contribution in [0.3, 0.4) is 0 Å². The number of carbonyl (C=O) groups excluding carboxylic acids is 1. The molecule has 4 saturated carbocycles. The predicted molar refractivity (Wildman–Crippen MR) is 154 cm³/mol. The molecule has 11 atom stereocenters. The summed E-state index contributed by atoms with van der Waals surface area (Å²) >= 11 is 0. The number of aliphatic carboxylic acids is 1. The van der Waals surface area contributed by atoms with Gasteiger partial charge in [0.1, 0.15) is 0 Å². The maximum absolute atomic E-state index is 13.1. The Morgan fingerprint density at radius 1 is 1.05 bits per heavy atom. The van der Waals surface area contributed by atoms with Crippen LogP contribution < -0.4 is 5.32 Å². The molecule has 5 nitrogen and oxygen atoms in total. The Labute approximate surface area is 235 Å². The van der Waals surface area contributed by atoms with E-state index in [-0.39, 0.29) is 25.0 Å². The molecule has 39 heavy (non-hydrogen) atoms. The smallest absolute Gasteiger partial charge is 0.303 e. The summed E-state index contributed by atoms with van der Waals surface area (Å²) in [6.07, 6.45) is 9.45. The third-order valence-corrected chi connectivity index (χ3v) is 12.9. The van der Waals surface area contributed by atoms with Gasteiger partial charge in [-0.25, -0.2) is 0 Å². The third kappa shape index (κ3) is 4.85. The van der Waals surface area contributed by atoms with Crippen molar-refractivity contribution in [1.82, 2.24) is 5.32 Å². The average molecular weight is 538 g/mol. The predicted octanol–water partition coefficient (Wildman–Crippen LogP) is 6.93. The van der Waals surface area contributed by atoms with Crippen molar-refractivity contribution < 1.29 is 19.8 Å². The summed E-state index contributed by atoms with van der Waals surface area (Å²) in [5, 5.41) is 22.3. The molecule has 216 valence electrons. The molecule has 1 amide bonds. The van der Waals surface area contributed by atoms with Gasteiger partial charge in [0.05, 0.1) is 6.61 Å². The first-order chi connectivity index (χ1) is 18.5. The van der Waals surface area contributed by atoms with Crippen LogP contribution in [0.5, 0.6) is 0 Å². The third-order valence-electron chi connectivity index (χ3n) is 12.9. The monoisotopic (exact) mass is 537 g/mol. The standard InChI is InChI=1S/C34H51NO4/c1-20(10-13-30(37)38)27-11-12-28-31-21(2)16-24-18-25(35-32(39)26-9-7-6-8-23(26)19-36)14-15-33(24,4)29(31)17-22(3)34(27,28)5/h6-9,20-22,24-25,27-29,31,36H,10-19H2,1-5H3,(H,35,39)(H,37,38)/t20?,21?,22-,24?,25?,27+,28?,29?,31?,33-,34+/m0/s1. The van der Waals surface area contributed by atoms with Crippen LogP contribution in [0, 0.1) is 58.2 Å². The van der Waals surface area contributed by atoms with Gasteiger partial charge >= 0.3 is 5.97 Å². The largest absolute Gasteiger partial charge is 0.481 e. The highest BCUT2D eigenvalue weighted by Gasteiger charge is 2.64. The van der Waals surface area contributed by atoms with Crippen LogP contribution >= 0.6 is 0 Å². The minimum atomic E-state index is -0.664. The lowest BCUT2D eigenvalue weighted by molar-refractivity contribution is -0.161. The maximum atomic E-state index is 13.1. The quantitative estimate of drug-likeness (QED) is 0.352. The fourth-order valence-electron chi connectivity index (χ4n) is 10.8. The summed E-state index contributed by atoms with van der Waals surface area (Å²) in [7, 11) is 0. The Kier molecular flexibility index (Phi) is 7.96. The first kappa shape index (κ1) is 28.6. The lowest BCUT2D eigenvalue weighted by Gasteiger charge is -2.65. The average Bonchev–Trinajstić information content (AvgIpc) is 3.27. The van der Waals surface area contributed by atoms with E-state index in [1.165, 1.54) is 32.1 Å². The summed E-state index contributed by atoms with van der Waals surface area (Å²) in [5.41, 5.74) is 1.92. The van der Waals surface area contributed by atoms with Gasteiger partial charge in [-0.2, -0.15) is 0 Å². The van der Waals surface area contributed by atoms with Gasteiger partial charge in [-0.15, -0.1) is 0 Å². The molecule has 0 bridgehead atoms. The van der Waals surface area contributed by atoms with Crippen molar-refractivity contribution in [2.45, 2.75) is 105 Å². The molecule has 7 unspecified atom stereocenters. The van der Waals surface area contributed by atoms with Gasteiger partial charge in [-0.05, 0) is 121 Å². The van der Waals surface area contributed by atoms with Crippen molar-refractivity contribution in [1.29, 1.82) is 0 Å². The Hall–Kier alpha value is -1.88. The number of aliphatic hydroxyl groups is 1. The van der Waals surface area contributed by atoms with Crippen molar-refractivity contribution in [2.24, 2.45) is 58.2 Å². The molecule has 0 heterocycles. The number of hydrogen-bond donors (Lipinski definition) is 3. The highest BCUT2D eigenvalue weighted by atomic mass is 16.4. The van der Waals surface area contributed by atoms with Crippen LogP contribution in [0.25, 0.3) is 0 Å². The number of carbonyl (C=O) groups is 2. The molecular formula is C34H51NO4. The Bertz CT molecular complexity index is 1070. The van der Waals surface area contributed by atoms with E-state index in [1.54, 1.807) is 0 Å². The molecule has 0 aromatic heterocycles. The summed E-state index contributed by atoms with van der Waals surface area (Å²) in [4.78, 5) is 24.4. The minimum absolute atomic E-state index is 0.0499. The van der Waals surface area contributed by atoms with Crippen molar-refractivity contribution in [2.75, 3.05) is 0 Å². The topological polar surface area (TPSA) is 86.6 Å². The number of hydrogen-bond acceptors (Lipinski definition) is 3. The van der Waals surface area contributed by atoms with Gasteiger partial charge in [-0.3, -0.25) is 9.59 Å². The van der Waals surface area contributed by atoms with E-state index in [1.807, 2.05) is 24.3 Å². The van der Waals surface area contributed by atoms with Crippen LogP contribution in [-0.4, -0.2) is 28.1 Å². The molecular weight excluding hydrogens is 486 g/mol. The van der Waals surface area contributed by atoms with Crippen molar-refractivity contribution in [3.63, 3.8) is 0 Å². The second-order valence-corrected chi connectivity index (χ2v) is 14.6. The van der Waals surface area contributed by atoms with E-state index in [0.717, 1.165) is 37.0 Å². The van der Waals surface area contributed by atoms with Gasteiger partial charge in [0.2, 0.25) is 0 Å². The Balaban J connectivity index is 1.31. The molecule has 0 radical (unpaired) electrons. The van der Waals surface area contributed by atoms with E-state index in [0.29, 0.717) is 51.5 Å². The van der Waals surface area contributed by atoms with Crippen molar-refractivity contribution in [3.05, 3.63) is 35.4 Å². The van der Waals surface area contributed by atoms with E-state index in [9.17, 15) is 19.8 Å². The molecule has 5 heteroatoms. The molecule has 0 aliphatic heterocycles.